The van der Waals surface area contributed by atoms with Crippen LogP contribution in [0.2, 0.25) is 0 Å². The van der Waals surface area contributed by atoms with Gasteiger partial charge in [0.2, 0.25) is 0 Å². The van der Waals surface area contributed by atoms with Crippen molar-refractivity contribution < 1.29 is 9.84 Å². The number of phenolic OH excluding ortho intramolecular Hbond substituents is 1. The van der Waals surface area contributed by atoms with Crippen LogP contribution in [0.4, 0.5) is 0 Å². The fourth-order valence-corrected chi connectivity index (χ4v) is 1.83. The molecule has 0 bridgehead atoms. The van der Waals surface area contributed by atoms with Crippen LogP contribution in [0.15, 0.2) is 42.5 Å². The van der Waals surface area contributed by atoms with Gasteiger partial charge in [0.05, 0.1) is 7.11 Å². The van der Waals surface area contributed by atoms with Gasteiger partial charge in [-0.25, -0.2) is 0 Å². The van der Waals surface area contributed by atoms with E-state index in [1.807, 2.05) is 42.5 Å². The summed E-state index contributed by atoms with van der Waals surface area (Å²) in [5.74, 6) is 1.11. The Balaban J connectivity index is 2.45. The molecule has 17 heavy (non-hydrogen) atoms. The Morgan fingerprint density at radius 1 is 1.12 bits per heavy atom. The Morgan fingerprint density at radius 2 is 1.94 bits per heavy atom. The van der Waals surface area contributed by atoms with Crippen molar-refractivity contribution in [1.82, 2.24) is 0 Å². The normalized spacial score (nSPS) is 10.2. The Kier molecular flexibility index (Phi) is 3.33. The summed E-state index contributed by atoms with van der Waals surface area (Å²) >= 11 is 0. The highest BCUT2D eigenvalue weighted by Gasteiger charge is 2.05. The minimum Gasteiger partial charge on any atom is -0.507 e. The lowest BCUT2D eigenvalue weighted by atomic mass is 10.0. The molecule has 0 heterocycles. The summed E-state index contributed by atoms with van der Waals surface area (Å²) < 4.78 is 5.18. The lowest BCUT2D eigenvalue weighted by Gasteiger charge is -2.08. The zero-order chi connectivity index (χ0) is 12.3. The molecule has 2 aromatic carbocycles. The van der Waals surface area contributed by atoms with E-state index in [2.05, 4.69) is 6.92 Å². The third-order valence-electron chi connectivity index (χ3n) is 2.85. The molecule has 0 atom stereocenters. The number of hydrogen-bond donors (Lipinski definition) is 1. The summed E-state index contributed by atoms with van der Waals surface area (Å²) in [5, 5.41) is 10.00. The quantitative estimate of drug-likeness (QED) is 0.869. The Labute approximate surface area is 101 Å². The van der Waals surface area contributed by atoms with E-state index in [1.54, 1.807) is 7.11 Å². The van der Waals surface area contributed by atoms with Crippen LogP contribution in [-0.2, 0) is 6.42 Å². The summed E-state index contributed by atoms with van der Waals surface area (Å²) in [4.78, 5) is 0. The second kappa shape index (κ2) is 4.91. The number of rotatable bonds is 3. The van der Waals surface area contributed by atoms with Crippen LogP contribution in [0.3, 0.4) is 0 Å². The fourth-order valence-electron chi connectivity index (χ4n) is 1.83. The molecule has 2 aromatic rings. The summed E-state index contributed by atoms with van der Waals surface area (Å²) in [5.41, 5.74) is 2.93. The second-order valence-electron chi connectivity index (χ2n) is 3.94. The number of methoxy groups -OCH3 is 1. The number of phenols is 1. The monoisotopic (exact) mass is 228 g/mol. The molecular formula is C15H16O2. The Hall–Kier alpha value is -1.96. The van der Waals surface area contributed by atoms with Gasteiger partial charge in [0, 0.05) is 5.56 Å². The molecule has 2 rings (SSSR count). The standard InChI is InChI=1S/C15H16O2/c1-3-11-7-8-14(15(16)9-11)12-5-4-6-13(10-12)17-2/h4-10,16H,3H2,1-2H3. The van der Waals surface area contributed by atoms with Crippen molar-refractivity contribution in [3.63, 3.8) is 0 Å². The van der Waals surface area contributed by atoms with Gasteiger partial charge < -0.3 is 9.84 Å². The fraction of sp³-hybridized carbons (Fsp3) is 0.200. The minimum atomic E-state index is 0.317. The highest BCUT2D eigenvalue weighted by molar-refractivity contribution is 5.71. The molecule has 2 nitrogen and oxygen atoms in total. The molecule has 0 saturated carbocycles. The smallest absolute Gasteiger partial charge is 0.123 e. The lowest BCUT2D eigenvalue weighted by Crippen LogP contribution is -1.86. The minimum absolute atomic E-state index is 0.317. The van der Waals surface area contributed by atoms with E-state index in [4.69, 9.17) is 4.74 Å². The maximum absolute atomic E-state index is 10.00. The van der Waals surface area contributed by atoms with Crippen LogP contribution >= 0.6 is 0 Å². The molecule has 88 valence electrons. The van der Waals surface area contributed by atoms with Crippen molar-refractivity contribution in [2.75, 3.05) is 7.11 Å². The first-order chi connectivity index (χ1) is 8.24. The van der Waals surface area contributed by atoms with Crippen LogP contribution in [0.25, 0.3) is 11.1 Å². The van der Waals surface area contributed by atoms with Gasteiger partial charge in [-0.05, 0) is 35.7 Å². The van der Waals surface area contributed by atoms with Crippen LogP contribution in [0.5, 0.6) is 11.5 Å². The third kappa shape index (κ3) is 2.41. The van der Waals surface area contributed by atoms with Gasteiger partial charge in [-0.1, -0.05) is 31.2 Å². The second-order valence-corrected chi connectivity index (χ2v) is 3.94. The Bertz CT molecular complexity index is 518. The zero-order valence-electron chi connectivity index (χ0n) is 10.1. The van der Waals surface area contributed by atoms with E-state index in [0.717, 1.165) is 28.9 Å². The van der Waals surface area contributed by atoms with Gasteiger partial charge in [0.15, 0.2) is 0 Å². The molecular weight excluding hydrogens is 212 g/mol. The van der Waals surface area contributed by atoms with Crippen LogP contribution in [0.1, 0.15) is 12.5 Å². The molecule has 2 heteroatoms. The van der Waals surface area contributed by atoms with E-state index in [-0.39, 0.29) is 0 Å². The Morgan fingerprint density at radius 3 is 2.59 bits per heavy atom. The van der Waals surface area contributed by atoms with E-state index >= 15 is 0 Å². The van der Waals surface area contributed by atoms with Crippen molar-refractivity contribution in [2.45, 2.75) is 13.3 Å². The van der Waals surface area contributed by atoms with E-state index in [9.17, 15) is 5.11 Å². The molecule has 0 aliphatic heterocycles. The molecule has 0 radical (unpaired) electrons. The van der Waals surface area contributed by atoms with Crippen LogP contribution < -0.4 is 4.74 Å². The SMILES string of the molecule is CCc1ccc(-c2cccc(OC)c2)c(O)c1. The van der Waals surface area contributed by atoms with Crippen LogP contribution in [0, 0.1) is 0 Å². The summed E-state index contributed by atoms with van der Waals surface area (Å²) in [6.45, 7) is 2.07. The molecule has 0 aliphatic rings. The molecule has 0 aliphatic carbocycles. The van der Waals surface area contributed by atoms with Crippen molar-refractivity contribution >= 4 is 0 Å². The van der Waals surface area contributed by atoms with Gasteiger partial charge in [-0.3, -0.25) is 0 Å². The van der Waals surface area contributed by atoms with E-state index in [0.29, 0.717) is 5.75 Å². The molecule has 0 aromatic heterocycles. The molecule has 0 unspecified atom stereocenters. The number of aryl methyl sites for hydroxylation is 1. The average Bonchev–Trinajstić information content (AvgIpc) is 2.38. The van der Waals surface area contributed by atoms with Crippen molar-refractivity contribution in [3.05, 3.63) is 48.0 Å². The number of benzene rings is 2. The maximum Gasteiger partial charge on any atom is 0.123 e. The molecule has 0 fully saturated rings. The third-order valence-corrected chi connectivity index (χ3v) is 2.85. The molecule has 1 N–H and O–H groups in total. The van der Waals surface area contributed by atoms with Gasteiger partial charge >= 0.3 is 0 Å². The zero-order valence-corrected chi connectivity index (χ0v) is 10.1. The molecule has 0 saturated heterocycles. The molecule has 0 amide bonds. The van der Waals surface area contributed by atoms with E-state index < -0.39 is 0 Å². The summed E-state index contributed by atoms with van der Waals surface area (Å²) in [7, 11) is 1.64. The van der Waals surface area contributed by atoms with Gasteiger partial charge in [-0.15, -0.1) is 0 Å². The maximum atomic E-state index is 10.00. The highest BCUT2D eigenvalue weighted by Crippen LogP contribution is 2.31. The average molecular weight is 228 g/mol. The van der Waals surface area contributed by atoms with Gasteiger partial charge in [-0.2, -0.15) is 0 Å². The predicted molar refractivity (Wildman–Crippen MR) is 69.5 cm³/mol. The van der Waals surface area contributed by atoms with Gasteiger partial charge in [0.1, 0.15) is 11.5 Å². The predicted octanol–water partition coefficient (Wildman–Crippen LogP) is 3.63. The topological polar surface area (TPSA) is 29.5 Å². The van der Waals surface area contributed by atoms with E-state index in [1.165, 1.54) is 0 Å². The largest absolute Gasteiger partial charge is 0.507 e. The number of ether oxygens (including phenoxy) is 1. The first kappa shape index (κ1) is 11.5. The summed E-state index contributed by atoms with van der Waals surface area (Å²) in [6, 6.07) is 13.5. The summed E-state index contributed by atoms with van der Waals surface area (Å²) in [6.07, 6.45) is 0.923. The van der Waals surface area contributed by atoms with Crippen molar-refractivity contribution in [3.8, 4) is 22.6 Å². The van der Waals surface area contributed by atoms with Crippen molar-refractivity contribution in [2.24, 2.45) is 0 Å². The van der Waals surface area contributed by atoms with Crippen LogP contribution in [-0.4, -0.2) is 12.2 Å². The number of aromatic hydroxyl groups is 1. The highest BCUT2D eigenvalue weighted by atomic mass is 16.5. The first-order valence-electron chi connectivity index (χ1n) is 5.71. The molecule has 0 spiro atoms. The first-order valence-corrected chi connectivity index (χ1v) is 5.71. The number of hydrogen-bond acceptors (Lipinski definition) is 2. The van der Waals surface area contributed by atoms with Gasteiger partial charge in [0.25, 0.3) is 0 Å². The van der Waals surface area contributed by atoms with Crippen molar-refractivity contribution in [1.29, 1.82) is 0 Å². The lowest BCUT2D eigenvalue weighted by molar-refractivity contribution is 0.415.